The number of carbonyl (C=O) groups is 1. The number of benzene rings is 1. The SMILES string of the molecule is C[C@H]1CC[C@@H](C(=O)NC/C(=C/Nc2cnc(C(F)(F)F)nc2)C(=N)Cl)N1S(=O)(=O)c1ccc(F)cc1. The zero-order valence-corrected chi connectivity index (χ0v) is 20.3. The molecule has 1 fully saturated rings. The molecule has 0 saturated carbocycles. The fourth-order valence-electron chi connectivity index (χ4n) is 3.55. The van der Waals surface area contributed by atoms with Gasteiger partial charge in [0.25, 0.3) is 0 Å². The Morgan fingerprint density at radius 3 is 2.39 bits per heavy atom. The Kier molecular flexibility index (Phi) is 8.31. The molecule has 1 aliphatic rings. The van der Waals surface area contributed by atoms with Gasteiger partial charge in [-0.1, -0.05) is 11.6 Å². The standard InChI is InChI=1S/C21H21ClF4N6O3S/c1-12-2-7-17(32(12)36(34,35)16-5-3-14(23)4-6-16)19(33)29-9-13(18(22)27)8-28-15-10-30-20(31-11-15)21(24,25)26/h3-6,8,10-12,17,27-28H,2,7,9H2,1H3,(H,29,33)/b13-8-,27-18?/t12-,17-/m0/s1. The molecule has 0 bridgehead atoms. The first-order chi connectivity index (χ1) is 16.8. The Morgan fingerprint density at radius 1 is 1.22 bits per heavy atom. The normalized spacial score (nSPS) is 19.2. The monoisotopic (exact) mass is 548 g/mol. The highest BCUT2D eigenvalue weighted by Crippen LogP contribution is 2.31. The van der Waals surface area contributed by atoms with Crippen LogP contribution in [0.3, 0.4) is 0 Å². The number of alkyl halides is 3. The van der Waals surface area contributed by atoms with Crippen molar-refractivity contribution in [3.05, 3.63) is 60.1 Å². The number of halogens is 5. The minimum Gasteiger partial charge on any atom is -0.359 e. The second kappa shape index (κ2) is 10.9. The number of sulfonamides is 1. The van der Waals surface area contributed by atoms with Gasteiger partial charge in [-0.05, 0) is 44.0 Å². The van der Waals surface area contributed by atoms with Gasteiger partial charge in [0.05, 0.1) is 23.0 Å². The number of amides is 1. The second-order valence-corrected chi connectivity index (χ2v) is 10.1. The van der Waals surface area contributed by atoms with Crippen molar-refractivity contribution in [1.29, 1.82) is 5.41 Å². The summed E-state index contributed by atoms with van der Waals surface area (Å²) >= 11 is 5.76. The van der Waals surface area contributed by atoms with Crippen molar-refractivity contribution in [3.8, 4) is 0 Å². The molecule has 36 heavy (non-hydrogen) atoms. The molecular formula is C21H21ClF4N6O3S. The van der Waals surface area contributed by atoms with E-state index in [9.17, 15) is 30.8 Å². The van der Waals surface area contributed by atoms with Crippen LogP contribution in [0, 0.1) is 11.2 Å². The molecule has 0 radical (unpaired) electrons. The third-order valence-electron chi connectivity index (χ3n) is 5.34. The number of anilines is 1. The molecule has 3 rings (SSSR count). The highest BCUT2D eigenvalue weighted by Gasteiger charge is 2.43. The van der Waals surface area contributed by atoms with Gasteiger partial charge in [-0.25, -0.2) is 22.8 Å². The lowest BCUT2D eigenvalue weighted by Crippen LogP contribution is -2.48. The van der Waals surface area contributed by atoms with Gasteiger partial charge >= 0.3 is 6.18 Å². The number of hydrogen-bond acceptors (Lipinski definition) is 7. The quantitative estimate of drug-likeness (QED) is 0.342. The Morgan fingerprint density at radius 2 is 1.83 bits per heavy atom. The van der Waals surface area contributed by atoms with Crippen LogP contribution in [-0.2, 0) is 21.0 Å². The fraction of sp³-hybridized carbons (Fsp3) is 0.333. The molecule has 9 nitrogen and oxygen atoms in total. The second-order valence-electron chi connectivity index (χ2n) is 7.87. The van der Waals surface area contributed by atoms with E-state index in [2.05, 4.69) is 20.6 Å². The lowest BCUT2D eigenvalue weighted by molar-refractivity contribution is -0.145. The summed E-state index contributed by atoms with van der Waals surface area (Å²) in [4.78, 5) is 19.1. The maximum absolute atomic E-state index is 13.2. The van der Waals surface area contributed by atoms with Crippen LogP contribution < -0.4 is 10.6 Å². The van der Waals surface area contributed by atoms with Crippen molar-refractivity contribution >= 4 is 38.4 Å². The van der Waals surface area contributed by atoms with Crippen molar-refractivity contribution in [2.24, 2.45) is 0 Å². The fourth-order valence-corrected chi connectivity index (χ4v) is 5.51. The number of nitrogens with one attached hydrogen (secondary N) is 3. The number of carbonyl (C=O) groups excluding carboxylic acids is 1. The molecule has 1 aliphatic heterocycles. The topological polar surface area (TPSA) is 128 Å². The van der Waals surface area contributed by atoms with Gasteiger partial charge in [0.15, 0.2) is 0 Å². The third-order valence-corrected chi connectivity index (χ3v) is 7.62. The average molecular weight is 549 g/mol. The van der Waals surface area contributed by atoms with E-state index in [0.29, 0.717) is 6.42 Å². The van der Waals surface area contributed by atoms with E-state index in [1.54, 1.807) is 6.92 Å². The van der Waals surface area contributed by atoms with E-state index < -0.39 is 51.0 Å². The molecule has 0 unspecified atom stereocenters. The predicted octanol–water partition coefficient (Wildman–Crippen LogP) is 3.50. The highest BCUT2D eigenvalue weighted by atomic mass is 35.5. The molecule has 194 valence electrons. The lowest BCUT2D eigenvalue weighted by atomic mass is 10.2. The summed E-state index contributed by atoms with van der Waals surface area (Å²) in [7, 11) is -4.10. The summed E-state index contributed by atoms with van der Waals surface area (Å²) in [6.45, 7) is 1.38. The van der Waals surface area contributed by atoms with Crippen molar-refractivity contribution < 1.29 is 30.8 Å². The number of aromatic nitrogens is 2. The third kappa shape index (κ3) is 6.36. The van der Waals surface area contributed by atoms with Crippen LogP contribution in [-0.4, -0.2) is 52.4 Å². The number of hydrogen-bond donors (Lipinski definition) is 3. The van der Waals surface area contributed by atoms with Gasteiger partial charge in [0.2, 0.25) is 21.8 Å². The minimum atomic E-state index is -4.70. The summed E-state index contributed by atoms with van der Waals surface area (Å²) in [6, 6.07) is 2.74. The predicted molar refractivity (Wildman–Crippen MR) is 123 cm³/mol. The zero-order chi connectivity index (χ0) is 26.7. The molecule has 0 aliphatic carbocycles. The molecule has 2 aromatic rings. The molecule has 2 atom stereocenters. The van der Waals surface area contributed by atoms with Gasteiger partial charge in [-0.2, -0.15) is 17.5 Å². The molecular weight excluding hydrogens is 528 g/mol. The van der Waals surface area contributed by atoms with Crippen LogP contribution in [0.2, 0.25) is 0 Å². The maximum atomic E-state index is 13.2. The molecule has 1 aromatic heterocycles. The van der Waals surface area contributed by atoms with Gasteiger partial charge in [0, 0.05) is 24.4 Å². The average Bonchev–Trinajstić information content (AvgIpc) is 3.21. The Balaban J connectivity index is 1.70. The van der Waals surface area contributed by atoms with Crippen molar-refractivity contribution in [1.82, 2.24) is 19.6 Å². The number of rotatable bonds is 8. The van der Waals surface area contributed by atoms with E-state index in [1.807, 2.05) is 0 Å². The van der Waals surface area contributed by atoms with Crippen LogP contribution in [0.15, 0.2) is 53.3 Å². The van der Waals surface area contributed by atoms with Crippen LogP contribution in [0.4, 0.5) is 23.2 Å². The summed E-state index contributed by atoms with van der Waals surface area (Å²) in [5.41, 5.74) is 0.134. The van der Waals surface area contributed by atoms with Crippen LogP contribution in [0.25, 0.3) is 0 Å². The smallest absolute Gasteiger partial charge is 0.359 e. The molecule has 15 heteroatoms. The van der Waals surface area contributed by atoms with Crippen LogP contribution in [0.5, 0.6) is 0 Å². The molecule has 1 amide bonds. The van der Waals surface area contributed by atoms with E-state index >= 15 is 0 Å². The highest BCUT2D eigenvalue weighted by molar-refractivity contribution is 7.89. The molecule has 2 heterocycles. The Labute approximate surface area is 209 Å². The number of nitrogens with zero attached hydrogens (tertiary/aromatic N) is 3. The van der Waals surface area contributed by atoms with Crippen molar-refractivity contribution in [2.45, 2.75) is 42.9 Å². The maximum Gasteiger partial charge on any atom is 0.451 e. The first-order valence-electron chi connectivity index (χ1n) is 10.5. The van der Waals surface area contributed by atoms with Gasteiger partial charge in [-0.15, -0.1) is 0 Å². The minimum absolute atomic E-state index is 0.0592. The summed E-state index contributed by atoms with van der Waals surface area (Å²) in [5.74, 6) is -2.55. The summed E-state index contributed by atoms with van der Waals surface area (Å²) in [5, 5.41) is 12.3. The Hall–Kier alpha value is -3.10. The van der Waals surface area contributed by atoms with Gasteiger partial charge in [-0.3, -0.25) is 10.2 Å². The van der Waals surface area contributed by atoms with Gasteiger partial charge < -0.3 is 10.6 Å². The summed E-state index contributed by atoms with van der Waals surface area (Å²) in [6.07, 6.45) is -1.07. The lowest BCUT2D eigenvalue weighted by Gasteiger charge is -2.27. The molecule has 1 saturated heterocycles. The van der Waals surface area contributed by atoms with Gasteiger partial charge in [0.1, 0.15) is 17.0 Å². The first kappa shape index (κ1) is 27.5. The first-order valence-corrected chi connectivity index (χ1v) is 12.3. The van der Waals surface area contributed by atoms with Crippen LogP contribution >= 0.6 is 11.6 Å². The van der Waals surface area contributed by atoms with E-state index in [0.717, 1.165) is 41.0 Å². The van der Waals surface area contributed by atoms with Crippen LogP contribution in [0.1, 0.15) is 25.6 Å². The largest absolute Gasteiger partial charge is 0.451 e. The summed E-state index contributed by atoms with van der Waals surface area (Å²) < 4.78 is 78.3. The van der Waals surface area contributed by atoms with E-state index in [1.165, 1.54) is 6.20 Å². The van der Waals surface area contributed by atoms with E-state index in [4.69, 9.17) is 17.0 Å². The van der Waals surface area contributed by atoms with Crippen molar-refractivity contribution in [2.75, 3.05) is 11.9 Å². The Bertz CT molecular complexity index is 1250. The van der Waals surface area contributed by atoms with Crippen molar-refractivity contribution in [3.63, 3.8) is 0 Å². The molecule has 0 spiro atoms. The molecule has 1 aromatic carbocycles. The zero-order valence-electron chi connectivity index (χ0n) is 18.7. The van der Waals surface area contributed by atoms with E-state index in [-0.39, 0.29) is 29.1 Å². The molecule has 3 N–H and O–H groups in total.